The lowest BCUT2D eigenvalue weighted by Gasteiger charge is -2.17. The van der Waals surface area contributed by atoms with Gasteiger partial charge in [-0.3, -0.25) is 4.98 Å². The summed E-state index contributed by atoms with van der Waals surface area (Å²) in [5.41, 5.74) is 6.84. The first-order valence-corrected chi connectivity index (χ1v) is 4.84. The maximum absolute atomic E-state index is 5.69. The van der Waals surface area contributed by atoms with Crippen molar-refractivity contribution < 1.29 is 0 Å². The molecule has 0 fully saturated rings. The monoisotopic (exact) mass is 178 g/mol. The summed E-state index contributed by atoms with van der Waals surface area (Å²) in [5, 5.41) is 0. The van der Waals surface area contributed by atoms with Crippen molar-refractivity contribution in [2.45, 2.75) is 20.3 Å². The number of hydrogen-bond acceptors (Lipinski definition) is 2. The van der Waals surface area contributed by atoms with E-state index in [0.717, 1.165) is 18.7 Å². The summed E-state index contributed by atoms with van der Waals surface area (Å²) < 4.78 is 0. The zero-order valence-corrected chi connectivity index (χ0v) is 8.40. The molecule has 2 nitrogen and oxygen atoms in total. The van der Waals surface area contributed by atoms with E-state index in [9.17, 15) is 0 Å². The third-order valence-electron chi connectivity index (χ3n) is 2.44. The highest BCUT2D eigenvalue weighted by atomic mass is 14.7. The topological polar surface area (TPSA) is 38.9 Å². The van der Waals surface area contributed by atoms with Crippen molar-refractivity contribution >= 4 is 0 Å². The molecule has 0 aromatic carbocycles. The Bertz CT molecular complexity index is 231. The van der Waals surface area contributed by atoms with Gasteiger partial charge in [0.15, 0.2) is 0 Å². The molecule has 1 heterocycles. The zero-order chi connectivity index (χ0) is 9.68. The highest BCUT2D eigenvalue weighted by Gasteiger charge is 2.12. The number of nitrogens with two attached hydrogens (primary N) is 1. The summed E-state index contributed by atoms with van der Waals surface area (Å²) in [6.07, 6.45) is 2.83. The van der Waals surface area contributed by atoms with Crippen molar-refractivity contribution in [1.29, 1.82) is 0 Å². The number of hydrogen-bond donors (Lipinski definition) is 1. The van der Waals surface area contributed by atoms with E-state index < -0.39 is 0 Å². The molecule has 0 radical (unpaired) electrons. The number of rotatable bonds is 4. The quantitative estimate of drug-likeness (QED) is 0.764. The Hall–Kier alpha value is -0.890. The Kier molecular flexibility index (Phi) is 3.90. The molecule has 1 atom stereocenters. The molecule has 72 valence electrons. The Morgan fingerprint density at radius 2 is 2.15 bits per heavy atom. The van der Waals surface area contributed by atoms with Crippen LogP contribution >= 0.6 is 0 Å². The van der Waals surface area contributed by atoms with Crippen LogP contribution in [0.1, 0.15) is 19.5 Å². The highest BCUT2D eigenvalue weighted by Crippen LogP contribution is 2.14. The van der Waals surface area contributed by atoms with Crippen molar-refractivity contribution in [2.24, 2.45) is 17.6 Å². The van der Waals surface area contributed by atoms with Crippen LogP contribution in [0.5, 0.6) is 0 Å². The van der Waals surface area contributed by atoms with E-state index in [0.29, 0.717) is 11.8 Å². The molecule has 0 saturated carbocycles. The maximum atomic E-state index is 5.69. The molecule has 0 aliphatic heterocycles. The summed E-state index contributed by atoms with van der Waals surface area (Å²) in [5.74, 6) is 1.18. The molecular weight excluding hydrogens is 160 g/mol. The van der Waals surface area contributed by atoms with Gasteiger partial charge in [0.05, 0.1) is 0 Å². The van der Waals surface area contributed by atoms with Gasteiger partial charge in [-0.05, 0) is 36.9 Å². The van der Waals surface area contributed by atoms with E-state index in [-0.39, 0.29) is 0 Å². The summed E-state index contributed by atoms with van der Waals surface area (Å²) in [6, 6.07) is 6.03. The smallest absolute Gasteiger partial charge is 0.0406 e. The second-order valence-electron chi connectivity index (χ2n) is 3.76. The Labute approximate surface area is 80.2 Å². The molecule has 1 aromatic heterocycles. The third-order valence-corrected chi connectivity index (χ3v) is 2.44. The number of nitrogens with zero attached hydrogens (tertiary/aromatic N) is 1. The van der Waals surface area contributed by atoms with Crippen LogP contribution in [0.4, 0.5) is 0 Å². The van der Waals surface area contributed by atoms with Gasteiger partial charge in [-0.2, -0.15) is 0 Å². The van der Waals surface area contributed by atoms with Gasteiger partial charge in [0, 0.05) is 11.9 Å². The van der Waals surface area contributed by atoms with Crippen molar-refractivity contribution in [1.82, 2.24) is 4.98 Å². The van der Waals surface area contributed by atoms with Crippen LogP contribution in [0.25, 0.3) is 0 Å². The van der Waals surface area contributed by atoms with Crippen LogP contribution in [0.15, 0.2) is 24.4 Å². The number of aromatic nitrogens is 1. The van der Waals surface area contributed by atoms with Gasteiger partial charge in [0.1, 0.15) is 0 Å². The normalized spacial score (nSPS) is 13.2. The van der Waals surface area contributed by atoms with E-state index in [1.807, 2.05) is 18.3 Å². The van der Waals surface area contributed by atoms with Crippen molar-refractivity contribution in [2.75, 3.05) is 6.54 Å². The minimum absolute atomic E-state index is 0.551. The van der Waals surface area contributed by atoms with Crippen LogP contribution < -0.4 is 5.73 Å². The van der Waals surface area contributed by atoms with Crippen LogP contribution in [0.2, 0.25) is 0 Å². The van der Waals surface area contributed by atoms with Crippen LogP contribution in [-0.2, 0) is 6.42 Å². The lowest BCUT2D eigenvalue weighted by atomic mass is 9.91. The molecule has 0 bridgehead atoms. The van der Waals surface area contributed by atoms with Crippen LogP contribution in [0.3, 0.4) is 0 Å². The van der Waals surface area contributed by atoms with Crippen molar-refractivity contribution in [3.05, 3.63) is 30.1 Å². The minimum atomic E-state index is 0.551. The first kappa shape index (κ1) is 10.2. The molecular formula is C11H18N2. The van der Waals surface area contributed by atoms with Crippen molar-refractivity contribution in [3.8, 4) is 0 Å². The first-order valence-electron chi connectivity index (χ1n) is 4.84. The summed E-state index contributed by atoms with van der Waals surface area (Å²) in [7, 11) is 0. The molecule has 0 aliphatic rings. The predicted molar refractivity (Wildman–Crippen MR) is 55.3 cm³/mol. The molecule has 1 aromatic rings. The van der Waals surface area contributed by atoms with Gasteiger partial charge < -0.3 is 5.73 Å². The zero-order valence-electron chi connectivity index (χ0n) is 8.40. The lowest BCUT2D eigenvalue weighted by Crippen LogP contribution is -2.22. The standard InChI is InChI=1S/C11H18N2/c1-9(2)10(8-12)7-11-5-3-4-6-13-11/h3-6,9-10H,7-8,12H2,1-2H3. The van der Waals surface area contributed by atoms with Gasteiger partial charge in [0.2, 0.25) is 0 Å². The van der Waals surface area contributed by atoms with Gasteiger partial charge in [-0.1, -0.05) is 19.9 Å². The molecule has 1 unspecified atom stereocenters. The Morgan fingerprint density at radius 3 is 2.62 bits per heavy atom. The van der Waals surface area contributed by atoms with E-state index >= 15 is 0 Å². The molecule has 0 spiro atoms. The Balaban J connectivity index is 2.57. The van der Waals surface area contributed by atoms with Gasteiger partial charge in [0.25, 0.3) is 0 Å². The fourth-order valence-corrected chi connectivity index (χ4v) is 1.38. The summed E-state index contributed by atoms with van der Waals surface area (Å²) >= 11 is 0. The first-order chi connectivity index (χ1) is 6.24. The van der Waals surface area contributed by atoms with Crippen LogP contribution in [0, 0.1) is 11.8 Å². The van der Waals surface area contributed by atoms with Gasteiger partial charge in [-0.15, -0.1) is 0 Å². The average molecular weight is 178 g/mol. The molecule has 1 rings (SSSR count). The average Bonchev–Trinajstić information content (AvgIpc) is 2.15. The van der Waals surface area contributed by atoms with E-state index in [4.69, 9.17) is 5.73 Å². The molecule has 0 saturated heterocycles. The van der Waals surface area contributed by atoms with Gasteiger partial charge in [-0.25, -0.2) is 0 Å². The largest absolute Gasteiger partial charge is 0.330 e. The minimum Gasteiger partial charge on any atom is -0.330 e. The van der Waals surface area contributed by atoms with Crippen LogP contribution in [-0.4, -0.2) is 11.5 Å². The molecule has 0 aliphatic carbocycles. The highest BCUT2D eigenvalue weighted by molar-refractivity contribution is 5.04. The molecule has 0 amide bonds. The summed E-state index contributed by atoms with van der Waals surface area (Å²) in [6.45, 7) is 5.16. The summed E-state index contributed by atoms with van der Waals surface area (Å²) in [4.78, 5) is 4.29. The third kappa shape index (κ3) is 3.15. The van der Waals surface area contributed by atoms with Crippen molar-refractivity contribution in [3.63, 3.8) is 0 Å². The fraction of sp³-hybridized carbons (Fsp3) is 0.545. The molecule has 2 heteroatoms. The maximum Gasteiger partial charge on any atom is 0.0406 e. The van der Waals surface area contributed by atoms with E-state index in [1.165, 1.54) is 0 Å². The SMILES string of the molecule is CC(C)C(CN)Cc1ccccn1. The molecule has 13 heavy (non-hydrogen) atoms. The Morgan fingerprint density at radius 1 is 1.38 bits per heavy atom. The lowest BCUT2D eigenvalue weighted by molar-refractivity contribution is 0.388. The number of pyridine rings is 1. The second-order valence-corrected chi connectivity index (χ2v) is 3.76. The molecule has 2 N–H and O–H groups in total. The second kappa shape index (κ2) is 4.97. The fourth-order valence-electron chi connectivity index (χ4n) is 1.38. The predicted octanol–water partition coefficient (Wildman–Crippen LogP) is 1.85. The van der Waals surface area contributed by atoms with E-state index in [2.05, 4.69) is 24.9 Å². The van der Waals surface area contributed by atoms with E-state index in [1.54, 1.807) is 0 Å². The van der Waals surface area contributed by atoms with Gasteiger partial charge >= 0.3 is 0 Å².